The van der Waals surface area contributed by atoms with E-state index in [1.165, 1.54) is 0 Å². The van der Waals surface area contributed by atoms with E-state index in [1.807, 2.05) is 24.3 Å². The van der Waals surface area contributed by atoms with Crippen LogP contribution in [0.3, 0.4) is 0 Å². The molecular formula is C22H22N2O6S. The molecule has 2 heterocycles. The van der Waals surface area contributed by atoms with Gasteiger partial charge in [-0.05, 0) is 29.1 Å². The van der Waals surface area contributed by atoms with Gasteiger partial charge in [0, 0.05) is 18.0 Å². The third-order valence-electron chi connectivity index (χ3n) is 5.05. The zero-order valence-electron chi connectivity index (χ0n) is 16.7. The fourth-order valence-corrected chi connectivity index (χ4v) is 5.07. The van der Waals surface area contributed by atoms with Gasteiger partial charge in [0.25, 0.3) is 0 Å². The van der Waals surface area contributed by atoms with E-state index >= 15 is 0 Å². The molecule has 0 bridgehead atoms. The number of pyridine rings is 1. The molecule has 1 atom stereocenters. The molecule has 0 unspecified atom stereocenters. The second-order valence-electron chi connectivity index (χ2n) is 7.34. The summed E-state index contributed by atoms with van der Waals surface area (Å²) in [5, 5.41) is 12.3. The highest BCUT2D eigenvalue weighted by Gasteiger charge is 2.27. The number of rotatable bonds is 7. The van der Waals surface area contributed by atoms with Crippen LogP contribution in [0.4, 0.5) is 0 Å². The molecule has 0 aliphatic carbocycles. The Kier molecular flexibility index (Phi) is 6.06. The minimum Gasteiger partial charge on any atom is -0.490 e. The van der Waals surface area contributed by atoms with Crippen LogP contribution in [0.2, 0.25) is 0 Å². The molecule has 0 spiro atoms. The number of carbonyl (C=O) groups is 1. The lowest BCUT2D eigenvalue weighted by Crippen LogP contribution is -2.30. The van der Waals surface area contributed by atoms with Crippen molar-refractivity contribution in [2.24, 2.45) is 0 Å². The molecule has 0 saturated carbocycles. The van der Waals surface area contributed by atoms with Crippen LogP contribution < -0.4 is 9.47 Å². The fourth-order valence-electron chi connectivity index (χ4n) is 3.52. The Labute approximate surface area is 179 Å². The van der Waals surface area contributed by atoms with Gasteiger partial charge in [-0.1, -0.05) is 30.3 Å². The third-order valence-corrected chi connectivity index (χ3v) is 6.61. The molecule has 2 aromatic carbocycles. The molecule has 0 radical (unpaired) electrons. The van der Waals surface area contributed by atoms with Gasteiger partial charge in [-0.15, -0.1) is 0 Å². The summed E-state index contributed by atoms with van der Waals surface area (Å²) in [6, 6.07) is 13.0. The Balaban J connectivity index is 1.59. The Bertz CT molecular complexity index is 1200. The molecule has 1 aromatic heterocycles. The molecule has 162 valence electrons. The summed E-state index contributed by atoms with van der Waals surface area (Å²) in [5.74, 6) is 0.203. The molecule has 1 amide bonds. The van der Waals surface area contributed by atoms with Crippen molar-refractivity contribution in [1.82, 2.24) is 10.0 Å². The first kappa shape index (κ1) is 21.1. The van der Waals surface area contributed by atoms with Crippen LogP contribution in [0.15, 0.2) is 54.7 Å². The number of aromatic nitrogens is 1. The zero-order valence-corrected chi connectivity index (χ0v) is 17.5. The number of amides is 1. The predicted molar refractivity (Wildman–Crippen MR) is 114 cm³/mol. The van der Waals surface area contributed by atoms with E-state index in [2.05, 4.69) is 4.98 Å². The van der Waals surface area contributed by atoms with Gasteiger partial charge in [0.15, 0.2) is 21.3 Å². The minimum atomic E-state index is -3.73. The fraction of sp³-hybridized carbons (Fsp3) is 0.273. The van der Waals surface area contributed by atoms with Crippen molar-refractivity contribution >= 4 is 27.0 Å². The van der Waals surface area contributed by atoms with E-state index in [0.29, 0.717) is 41.0 Å². The van der Waals surface area contributed by atoms with Gasteiger partial charge in [0.2, 0.25) is 6.41 Å². The molecule has 4 rings (SSSR count). The first-order valence-electron chi connectivity index (χ1n) is 9.81. The monoisotopic (exact) mass is 442 g/mol. The Morgan fingerprint density at radius 1 is 1.06 bits per heavy atom. The number of hydroxylamine groups is 2. The average molecular weight is 442 g/mol. The van der Waals surface area contributed by atoms with E-state index < -0.39 is 21.6 Å². The van der Waals surface area contributed by atoms with Gasteiger partial charge in [-0.3, -0.25) is 15.0 Å². The number of nitrogens with zero attached hydrogens (tertiary/aromatic N) is 2. The molecular weight excluding hydrogens is 420 g/mol. The van der Waals surface area contributed by atoms with Crippen molar-refractivity contribution in [2.45, 2.75) is 18.2 Å². The summed E-state index contributed by atoms with van der Waals surface area (Å²) in [7, 11) is -3.73. The largest absolute Gasteiger partial charge is 0.490 e. The van der Waals surface area contributed by atoms with Gasteiger partial charge in [0.05, 0.1) is 36.5 Å². The van der Waals surface area contributed by atoms with Crippen molar-refractivity contribution < 1.29 is 27.9 Å². The Morgan fingerprint density at radius 3 is 2.58 bits per heavy atom. The minimum absolute atomic E-state index is 0.192. The number of sulfone groups is 1. The van der Waals surface area contributed by atoms with Crippen molar-refractivity contribution in [2.75, 3.05) is 19.0 Å². The molecule has 3 aromatic rings. The first-order valence-corrected chi connectivity index (χ1v) is 11.6. The van der Waals surface area contributed by atoms with E-state index in [4.69, 9.17) is 9.47 Å². The summed E-state index contributed by atoms with van der Waals surface area (Å²) in [5.41, 5.74) is 0.820. The molecule has 0 saturated heterocycles. The second-order valence-corrected chi connectivity index (χ2v) is 9.44. The number of fused-ring (bicyclic) bond motifs is 2. The number of benzene rings is 2. The predicted octanol–water partition coefficient (Wildman–Crippen LogP) is 2.90. The molecule has 0 fully saturated rings. The van der Waals surface area contributed by atoms with Crippen molar-refractivity contribution in [3.05, 3.63) is 66.0 Å². The van der Waals surface area contributed by atoms with E-state index in [1.54, 1.807) is 30.5 Å². The SMILES string of the molecule is O=CN(O)[C@H](CS(=O)(=O)Cc1cc2ccccc2cn1)c1ccc2c(c1)OCCCO2. The number of carbonyl (C=O) groups excluding carboxylic acids is 1. The third kappa shape index (κ3) is 4.95. The maximum absolute atomic E-state index is 12.9. The topological polar surface area (TPSA) is 106 Å². The Hall–Kier alpha value is -3.17. The van der Waals surface area contributed by atoms with Crippen LogP contribution in [0, 0.1) is 0 Å². The van der Waals surface area contributed by atoms with E-state index in [-0.39, 0.29) is 12.2 Å². The summed E-state index contributed by atoms with van der Waals surface area (Å²) in [4.78, 5) is 15.5. The summed E-state index contributed by atoms with van der Waals surface area (Å²) >= 11 is 0. The highest BCUT2D eigenvalue weighted by atomic mass is 32.2. The van der Waals surface area contributed by atoms with Crippen molar-refractivity contribution in [3.8, 4) is 11.5 Å². The summed E-state index contributed by atoms with van der Waals surface area (Å²) in [6.07, 6.45) is 2.55. The number of hydrogen-bond donors (Lipinski definition) is 1. The zero-order chi connectivity index (χ0) is 21.8. The lowest BCUT2D eigenvalue weighted by atomic mass is 10.1. The van der Waals surface area contributed by atoms with E-state index in [0.717, 1.165) is 17.2 Å². The van der Waals surface area contributed by atoms with E-state index in [9.17, 15) is 18.4 Å². The maximum Gasteiger partial charge on any atom is 0.233 e. The highest BCUT2D eigenvalue weighted by molar-refractivity contribution is 7.90. The van der Waals surface area contributed by atoms with Gasteiger partial charge < -0.3 is 9.47 Å². The molecule has 9 heteroatoms. The molecule has 31 heavy (non-hydrogen) atoms. The quantitative estimate of drug-likeness (QED) is 0.341. The highest BCUT2D eigenvalue weighted by Crippen LogP contribution is 2.34. The van der Waals surface area contributed by atoms with Crippen LogP contribution in [0.5, 0.6) is 11.5 Å². The van der Waals surface area contributed by atoms with Crippen LogP contribution in [-0.2, 0) is 20.4 Å². The van der Waals surface area contributed by atoms with Crippen LogP contribution in [-0.4, -0.2) is 49.0 Å². The van der Waals surface area contributed by atoms with Gasteiger partial charge in [0.1, 0.15) is 0 Å². The van der Waals surface area contributed by atoms with Crippen LogP contribution >= 0.6 is 0 Å². The lowest BCUT2D eigenvalue weighted by Gasteiger charge is -2.23. The maximum atomic E-state index is 12.9. The summed E-state index contributed by atoms with van der Waals surface area (Å²) < 4.78 is 37.1. The number of hydrogen-bond acceptors (Lipinski definition) is 7. The molecule has 1 aliphatic rings. The normalized spacial score (nSPS) is 14.6. The summed E-state index contributed by atoms with van der Waals surface area (Å²) in [6.45, 7) is 0.979. The van der Waals surface area contributed by atoms with Crippen molar-refractivity contribution in [1.29, 1.82) is 0 Å². The Morgan fingerprint density at radius 2 is 1.81 bits per heavy atom. The van der Waals surface area contributed by atoms with Gasteiger partial charge >= 0.3 is 0 Å². The van der Waals surface area contributed by atoms with Crippen LogP contribution in [0.1, 0.15) is 23.7 Å². The smallest absolute Gasteiger partial charge is 0.233 e. The molecule has 1 N–H and O–H groups in total. The molecule has 1 aliphatic heterocycles. The molecule has 8 nitrogen and oxygen atoms in total. The van der Waals surface area contributed by atoms with Gasteiger partial charge in [-0.25, -0.2) is 13.5 Å². The second kappa shape index (κ2) is 8.91. The first-order chi connectivity index (χ1) is 14.9. The lowest BCUT2D eigenvalue weighted by molar-refractivity contribution is -0.158. The number of ether oxygens (including phenoxy) is 2. The van der Waals surface area contributed by atoms with Crippen LogP contribution in [0.25, 0.3) is 10.8 Å². The van der Waals surface area contributed by atoms with Crippen molar-refractivity contribution in [3.63, 3.8) is 0 Å². The standard InChI is InChI=1S/C22H22N2O6S/c25-15-24(26)20(17-6-7-21-22(11-17)30-9-3-8-29-21)14-31(27,28)13-19-10-16-4-1-2-5-18(16)12-23-19/h1-2,4-7,10-12,15,20,26H,3,8-9,13-14H2/t20-/m1/s1. The average Bonchev–Trinajstić information content (AvgIpc) is 3.01. The van der Waals surface area contributed by atoms with Gasteiger partial charge in [-0.2, -0.15) is 0 Å².